The lowest BCUT2D eigenvalue weighted by Gasteiger charge is -2.04. The van der Waals surface area contributed by atoms with Crippen LogP contribution in [0.25, 0.3) is 0 Å². The fourth-order valence-electron chi connectivity index (χ4n) is 1.76. The van der Waals surface area contributed by atoms with Crippen molar-refractivity contribution in [2.75, 3.05) is 0 Å². The van der Waals surface area contributed by atoms with E-state index in [9.17, 15) is 9.18 Å². The summed E-state index contributed by atoms with van der Waals surface area (Å²) in [5.41, 5.74) is 1.22. The van der Waals surface area contributed by atoms with E-state index in [0.29, 0.717) is 17.3 Å². The van der Waals surface area contributed by atoms with Crippen LogP contribution in [0.2, 0.25) is 0 Å². The van der Waals surface area contributed by atoms with Crippen molar-refractivity contribution in [2.24, 2.45) is 0 Å². The first-order valence-electron chi connectivity index (χ1n) is 5.79. The summed E-state index contributed by atoms with van der Waals surface area (Å²) in [5.74, 6) is -0.650. The molecule has 0 heterocycles. The van der Waals surface area contributed by atoms with E-state index in [1.165, 1.54) is 12.1 Å². The molecule has 0 saturated carbocycles. The zero-order valence-electron chi connectivity index (χ0n) is 10.00. The lowest BCUT2D eigenvalue weighted by Crippen LogP contribution is -2.04. The van der Waals surface area contributed by atoms with Crippen LogP contribution in [0, 0.1) is 5.82 Å². The molecule has 98 valence electrons. The Bertz CT molecular complexity index is 594. The monoisotopic (exact) mass is 384 g/mol. The summed E-state index contributed by atoms with van der Waals surface area (Å²) in [4.78, 5) is 12.0. The second-order valence-corrected chi connectivity index (χ2v) is 6.01. The number of carbonyl (C=O) groups excluding carboxylic acids is 1. The van der Waals surface area contributed by atoms with E-state index < -0.39 is 5.82 Å². The number of Topliss-reactive ketones (excluding diaryl/α,β-unsaturated/α-hetero) is 1. The number of aryl methyl sites for hydroxylation is 1. The third-order valence-corrected chi connectivity index (χ3v) is 3.81. The number of hydrogen-bond acceptors (Lipinski definition) is 1. The van der Waals surface area contributed by atoms with Gasteiger partial charge in [-0.2, -0.15) is 0 Å². The molecule has 0 aliphatic heterocycles. The SMILES string of the molecule is O=C(CCc1ccc(Br)cc1)c1ccc(Br)cc1F. The van der Waals surface area contributed by atoms with Crippen molar-refractivity contribution < 1.29 is 9.18 Å². The number of rotatable bonds is 4. The lowest BCUT2D eigenvalue weighted by atomic mass is 10.0. The highest BCUT2D eigenvalue weighted by Gasteiger charge is 2.11. The van der Waals surface area contributed by atoms with Crippen molar-refractivity contribution in [3.8, 4) is 0 Å². The van der Waals surface area contributed by atoms with Gasteiger partial charge in [0.25, 0.3) is 0 Å². The van der Waals surface area contributed by atoms with E-state index in [0.717, 1.165) is 10.0 Å². The minimum absolute atomic E-state index is 0.153. The van der Waals surface area contributed by atoms with E-state index >= 15 is 0 Å². The summed E-state index contributed by atoms with van der Waals surface area (Å²) in [6.07, 6.45) is 0.918. The average molecular weight is 386 g/mol. The van der Waals surface area contributed by atoms with Crippen molar-refractivity contribution in [1.82, 2.24) is 0 Å². The van der Waals surface area contributed by atoms with Crippen LogP contribution >= 0.6 is 31.9 Å². The van der Waals surface area contributed by atoms with Crippen LogP contribution < -0.4 is 0 Å². The van der Waals surface area contributed by atoms with E-state index in [4.69, 9.17) is 0 Å². The highest BCUT2D eigenvalue weighted by molar-refractivity contribution is 9.10. The molecule has 0 saturated heterocycles. The Balaban J connectivity index is 2.03. The van der Waals surface area contributed by atoms with Crippen LogP contribution in [0.1, 0.15) is 22.3 Å². The second-order valence-electron chi connectivity index (χ2n) is 4.17. The molecular formula is C15H11Br2FO. The van der Waals surface area contributed by atoms with Gasteiger partial charge in [0.1, 0.15) is 5.82 Å². The van der Waals surface area contributed by atoms with Gasteiger partial charge in [-0.1, -0.05) is 44.0 Å². The zero-order valence-corrected chi connectivity index (χ0v) is 13.2. The Labute approximate surface area is 128 Å². The molecule has 0 radical (unpaired) electrons. The van der Waals surface area contributed by atoms with Gasteiger partial charge in [-0.15, -0.1) is 0 Å². The van der Waals surface area contributed by atoms with Gasteiger partial charge < -0.3 is 0 Å². The number of hydrogen-bond donors (Lipinski definition) is 0. The van der Waals surface area contributed by atoms with Crippen molar-refractivity contribution in [1.29, 1.82) is 0 Å². The van der Waals surface area contributed by atoms with Crippen LogP contribution in [-0.2, 0) is 6.42 Å². The minimum Gasteiger partial charge on any atom is -0.294 e. The van der Waals surface area contributed by atoms with Crippen LogP contribution in [-0.4, -0.2) is 5.78 Å². The highest BCUT2D eigenvalue weighted by atomic mass is 79.9. The molecule has 19 heavy (non-hydrogen) atoms. The third-order valence-electron chi connectivity index (χ3n) is 2.79. The number of carbonyl (C=O) groups is 1. The van der Waals surface area contributed by atoms with Crippen molar-refractivity contribution in [3.63, 3.8) is 0 Å². The molecule has 0 bridgehead atoms. The molecule has 0 aliphatic rings. The Morgan fingerprint density at radius 2 is 1.63 bits per heavy atom. The van der Waals surface area contributed by atoms with Gasteiger partial charge in [0.05, 0.1) is 5.56 Å². The molecule has 0 spiro atoms. The van der Waals surface area contributed by atoms with Gasteiger partial charge in [0.2, 0.25) is 0 Å². The summed E-state index contributed by atoms with van der Waals surface area (Å²) in [7, 11) is 0. The predicted octanol–water partition coefficient (Wildman–Crippen LogP) is 5.17. The zero-order chi connectivity index (χ0) is 13.8. The molecule has 4 heteroatoms. The van der Waals surface area contributed by atoms with Gasteiger partial charge in [0.15, 0.2) is 5.78 Å². The molecule has 2 rings (SSSR count). The van der Waals surface area contributed by atoms with E-state index in [1.54, 1.807) is 6.07 Å². The molecule has 0 unspecified atom stereocenters. The number of halogens is 3. The lowest BCUT2D eigenvalue weighted by molar-refractivity contribution is 0.0979. The quantitative estimate of drug-likeness (QED) is 0.664. The normalized spacial score (nSPS) is 10.5. The van der Waals surface area contributed by atoms with Crippen LogP contribution in [0.5, 0.6) is 0 Å². The van der Waals surface area contributed by atoms with Gasteiger partial charge in [-0.05, 0) is 42.3 Å². The maximum absolute atomic E-state index is 13.6. The molecule has 0 N–H and O–H groups in total. The topological polar surface area (TPSA) is 17.1 Å². The van der Waals surface area contributed by atoms with Crippen LogP contribution in [0.15, 0.2) is 51.4 Å². The number of benzene rings is 2. The Kier molecular flexibility index (Phi) is 4.88. The van der Waals surface area contributed by atoms with Gasteiger partial charge in [-0.3, -0.25) is 4.79 Å². The molecule has 0 aromatic heterocycles. The third kappa shape index (κ3) is 3.98. The summed E-state index contributed by atoms with van der Waals surface area (Å²) in [6, 6.07) is 12.3. The largest absolute Gasteiger partial charge is 0.294 e. The van der Waals surface area contributed by atoms with Crippen molar-refractivity contribution >= 4 is 37.6 Å². The molecule has 2 aromatic carbocycles. The Hall–Kier alpha value is -1.00. The second kappa shape index (κ2) is 6.44. The smallest absolute Gasteiger partial charge is 0.166 e. The molecule has 0 fully saturated rings. The first-order valence-corrected chi connectivity index (χ1v) is 7.37. The number of ketones is 1. The molecule has 2 aromatic rings. The minimum atomic E-state index is -0.477. The maximum atomic E-state index is 13.6. The molecule has 0 atom stereocenters. The highest BCUT2D eigenvalue weighted by Crippen LogP contribution is 2.18. The summed E-state index contributed by atoms with van der Waals surface area (Å²) in [5, 5.41) is 0. The summed E-state index contributed by atoms with van der Waals surface area (Å²) >= 11 is 6.53. The Morgan fingerprint density at radius 3 is 2.26 bits per heavy atom. The van der Waals surface area contributed by atoms with Crippen LogP contribution in [0.3, 0.4) is 0 Å². The predicted molar refractivity (Wildman–Crippen MR) is 80.9 cm³/mol. The summed E-state index contributed by atoms with van der Waals surface area (Å²) < 4.78 is 15.3. The van der Waals surface area contributed by atoms with E-state index in [-0.39, 0.29) is 11.3 Å². The van der Waals surface area contributed by atoms with E-state index in [2.05, 4.69) is 31.9 Å². The molecular weight excluding hydrogens is 375 g/mol. The van der Waals surface area contributed by atoms with Crippen molar-refractivity contribution in [3.05, 3.63) is 68.4 Å². The van der Waals surface area contributed by atoms with Gasteiger partial charge in [0, 0.05) is 15.4 Å². The van der Waals surface area contributed by atoms with E-state index in [1.807, 2.05) is 24.3 Å². The van der Waals surface area contributed by atoms with Crippen molar-refractivity contribution in [2.45, 2.75) is 12.8 Å². The standard InChI is InChI=1S/C15H11Br2FO/c16-11-4-1-10(2-5-11)3-8-15(19)13-7-6-12(17)9-14(13)18/h1-2,4-7,9H,3,8H2. The first kappa shape index (κ1) is 14.4. The average Bonchev–Trinajstić information content (AvgIpc) is 2.37. The van der Waals surface area contributed by atoms with Gasteiger partial charge >= 0.3 is 0 Å². The Morgan fingerprint density at radius 1 is 1.00 bits per heavy atom. The fourth-order valence-corrected chi connectivity index (χ4v) is 2.36. The molecule has 0 amide bonds. The van der Waals surface area contributed by atoms with Gasteiger partial charge in [-0.25, -0.2) is 4.39 Å². The summed E-state index contributed by atoms with van der Waals surface area (Å²) in [6.45, 7) is 0. The molecule has 0 aliphatic carbocycles. The fraction of sp³-hybridized carbons (Fsp3) is 0.133. The first-order chi connectivity index (χ1) is 9.06. The maximum Gasteiger partial charge on any atom is 0.166 e. The van der Waals surface area contributed by atoms with Crippen LogP contribution in [0.4, 0.5) is 4.39 Å². The molecule has 1 nitrogen and oxygen atoms in total.